The number of benzene rings is 2. The van der Waals surface area contributed by atoms with Crippen molar-refractivity contribution in [2.75, 3.05) is 39.4 Å². The fourth-order valence-corrected chi connectivity index (χ4v) is 3.32. The van der Waals surface area contributed by atoms with Crippen LogP contribution in [-0.4, -0.2) is 44.3 Å². The molecule has 146 valence electrons. The van der Waals surface area contributed by atoms with Crippen molar-refractivity contribution in [2.45, 2.75) is 13.2 Å². The van der Waals surface area contributed by atoms with E-state index >= 15 is 0 Å². The summed E-state index contributed by atoms with van der Waals surface area (Å²) in [5, 5.41) is 4.45. The number of rotatable bonds is 8. The maximum absolute atomic E-state index is 13.2. The van der Waals surface area contributed by atoms with E-state index in [0.717, 1.165) is 56.3 Å². The molecule has 0 bridgehead atoms. The molecule has 1 aliphatic rings. The molecule has 0 amide bonds. The van der Waals surface area contributed by atoms with E-state index < -0.39 is 0 Å². The Morgan fingerprint density at radius 1 is 1.07 bits per heavy atom. The minimum absolute atomic E-state index is 0.265. The summed E-state index contributed by atoms with van der Waals surface area (Å²) in [5.41, 5.74) is 1.71. The molecule has 0 atom stereocenters. The van der Waals surface area contributed by atoms with Crippen molar-refractivity contribution in [1.29, 1.82) is 0 Å². The van der Waals surface area contributed by atoms with Gasteiger partial charge >= 0.3 is 0 Å². The van der Waals surface area contributed by atoms with Crippen molar-refractivity contribution in [3.63, 3.8) is 0 Å². The summed E-state index contributed by atoms with van der Waals surface area (Å²) < 4.78 is 24.4. The van der Waals surface area contributed by atoms with Gasteiger partial charge < -0.3 is 14.8 Å². The Hall–Kier alpha value is -1.37. The molecule has 0 spiro atoms. The number of ether oxygens (including phenoxy) is 2. The predicted octanol–water partition coefficient (Wildman–Crippen LogP) is 4.13. The summed E-state index contributed by atoms with van der Waals surface area (Å²) in [6, 6.07) is 9.83. The van der Waals surface area contributed by atoms with Crippen molar-refractivity contribution in [1.82, 2.24) is 10.2 Å². The molecule has 0 unspecified atom stereocenters. The first-order valence-electron chi connectivity index (χ1n) is 8.98. The zero-order valence-electron chi connectivity index (χ0n) is 15.0. The lowest BCUT2D eigenvalue weighted by atomic mass is 10.2. The lowest BCUT2D eigenvalue weighted by Gasteiger charge is -2.26. The van der Waals surface area contributed by atoms with Gasteiger partial charge in [-0.15, -0.1) is 0 Å². The van der Waals surface area contributed by atoms with E-state index in [1.807, 2.05) is 12.1 Å². The van der Waals surface area contributed by atoms with Gasteiger partial charge in [0.25, 0.3) is 0 Å². The van der Waals surface area contributed by atoms with Crippen LogP contribution in [0.3, 0.4) is 0 Å². The first kappa shape index (κ1) is 20.4. The van der Waals surface area contributed by atoms with Gasteiger partial charge in [-0.2, -0.15) is 0 Å². The SMILES string of the molecule is Fc1ccc(COc2ccc(Cl)cc2CNCCN2CCOCC2)c(Cl)c1. The van der Waals surface area contributed by atoms with Crippen LogP contribution < -0.4 is 10.1 Å². The lowest BCUT2D eigenvalue weighted by molar-refractivity contribution is 0.0384. The molecule has 1 fully saturated rings. The Bertz CT molecular complexity index is 755. The van der Waals surface area contributed by atoms with E-state index in [4.69, 9.17) is 32.7 Å². The Labute approximate surface area is 169 Å². The molecule has 27 heavy (non-hydrogen) atoms. The zero-order chi connectivity index (χ0) is 19.1. The van der Waals surface area contributed by atoms with E-state index in [0.29, 0.717) is 16.6 Å². The van der Waals surface area contributed by atoms with Gasteiger partial charge in [0, 0.05) is 48.9 Å². The van der Waals surface area contributed by atoms with Gasteiger partial charge in [0.15, 0.2) is 0 Å². The van der Waals surface area contributed by atoms with Gasteiger partial charge in [-0.3, -0.25) is 4.90 Å². The highest BCUT2D eigenvalue weighted by Crippen LogP contribution is 2.25. The molecule has 1 heterocycles. The number of morpholine rings is 1. The number of hydrogen-bond acceptors (Lipinski definition) is 4. The van der Waals surface area contributed by atoms with E-state index in [1.165, 1.54) is 12.1 Å². The van der Waals surface area contributed by atoms with Gasteiger partial charge in [-0.05, 0) is 30.3 Å². The van der Waals surface area contributed by atoms with E-state index in [9.17, 15) is 4.39 Å². The monoisotopic (exact) mass is 412 g/mol. The van der Waals surface area contributed by atoms with Crippen molar-refractivity contribution in [3.8, 4) is 5.75 Å². The first-order chi connectivity index (χ1) is 13.1. The second-order valence-corrected chi connectivity index (χ2v) is 7.25. The molecular formula is C20H23Cl2FN2O2. The predicted molar refractivity (Wildman–Crippen MR) is 106 cm³/mol. The molecule has 0 radical (unpaired) electrons. The molecule has 0 aliphatic carbocycles. The van der Waals surface area contributed by atoms with Crippen LogP contribution in [0.1, 0.15) is 11.1 Å². The van der Waals surface area contributed by atoms with Crippen LogP contribution >= 0.6 is 23.2 Å². The molecule has 7 heteroatoms. The zero-order valence-corrected chi connectivity index (χ0v) is 16.5. The molecule has 3 rings (SSSR count). The molecule has 2 aromatic rings. The second-order valence-electron chi connectivity index (χ2n) is 6.41. The maximum atomic E-state index is 13.2. The van der Waals surface area contributed by atoms with Gasteiger partial charge in [-0.25, -0.2) is 4.39 Å². The van der Waals surface area contributed by atoms with Crippen molar-refractivity contribution in [3.05, 3.63) is 63.4 Å². The Morgan fingerprint density at radius 3 is 2.67 bits per heavy atom. The standard InChI is InChI=1S/C20H23Cl2FN2O2/c21-17-2-4-20(27-14-15-1-3-18(23)12-19(15)22)16(11-17)13-24-5-6-25-7-9-26-10-8-25/h1-4,11-12,24H,5-10,13-14H2. The van der Waals surface area contributed by atoms with Gasteiger partial charge in [-0.1, -0.05) is 29.3 Å². The molecule has 0 aromatic heterocycles. The second kappa shape index (κ2) is 10.2. The van der Waals surface area contributed by atoms with Crippen molar-refractivity contribution >= 4 is 23.2 Å². The smallest absolute Gasteiger partial charge is 0.124 e. The fraction of sp³-hybridized carbons (Fsp3) is 0.400. The van der Waals surface area contributed by atoms with Crippen LogP contribution in [0.2, 0.25) is 10.0 Å². The minimum Gasteiger partial charge on any atom is -0.489 e. The van der Waals surface area contributed by atoms with Crippen LogP contribution in [0, 0.1) is 5.82 Å². The topological polar surface area (TPSA) is 33.7 Å². The van der Waals surface area contributed by atoms with E-state index in [2.05, 4.69) is 10.2 Å². The molecule has 0 saturated carbocycles. The lowest BCUT2D eigenvalue weighted by Crippen LogP contribution is -2.40. The number of hydrogen-bond donors (Lipinski definition) is 1. The Balaban J connectivity index is 1.54. The molecule has 1 saturated heterocycles. The third kappa shape index (κ3) is 6.33. The molecule has 1 aliphatic heterocycles. The highest BCUT2D eigenvalue weighted by atomic mass is 35.5. The number of halogens is 3. The number of nitrogens with one attached hydrogen (secondary N) is 1. The Morgan fingerprint density at radius 2 is 1.89 bits per heavy atom. The van der Waals surface area contributed by atoms with Gasteiger partial charge in [0.05, 0.1) is 18.2 Å². The summed E-state index contributed by atoms with van der Waals surface area (Å²) in [7, 11) is 0. The highest BCUT2D eigenvalue weighted by molar-refractivity contribution is 6.31. The van der Waals surface area contributed by atoms with Crippen LogP contribution in [0.15, 0.2) is 36.4 Å². The van der Waals surface area contributed by atoms with Crippen molar-refractivity contribution < 1.29 is 13.9 Å². The van der Waals surface area contributed by atoms with E-state index in [-0.39, 0.29) is 12.4 Å². The quantitative estimate of drug-likeness (QED) is 0.660. The van der Waals surface area contributed by atoms with Gasteiger partial charge in [0.1, 0.15) is 18.2 Å². The van der Waals surface area contributed by atoms with Crippen LogP contribution in [0.25, 0.3) is 0 Å². The molecular weight excluding hydrogens is 390 g/mol. The average Bonchev–Trinajstić information content (AvgIpc) is 2.66. The maximum Gasteiger partial charge on any atom is 0.124 e. The molecule has 4 nitrogen and oxygen atoms in total. The van der Waals surface area contributed by atoms with Crippen LogP contribution in [-0.2, 0) is 17.9 Å². The summed E-state index contributed by atoms with van der Waals surface area (Å²) in [5.74, 6) is 0.374. The average molecular weight is 413 g/mol. The summed E-state index contributed by atoms with van der Waals surface area (Å²) in [4.78, 5) is 2.38. The summed E-state index contributed by atoms with van der Waals surface area (Å²) in [6.07, 6.45) is 0. The number of nitrogens with zero attached hydrogens (tertiary/aromatic N) is 1. The summed E-state index contributed by atoms with van der Waals surface area (Å²) in [6.45, 7) is 6.33. The van der Waals surface area contributed by atoms with Crippen molar-refractivity contribution in [2.24, 2.45) is 0 Å². The summed E-state index contributed by atoms with van der Waals surface area (Å²) >= 11 is 12.2. The largest absolute Gasteiger partial charge is 0.489 e. The fourth-order valence-electron chi connectivity index (χ4n) is 2.91. The third-order valence-electron chi connectivity index (χ3n) is 4.44. The Kier molecular flexibility index (Phi) is 7.73. The molecule has 1 N–H and O–H groups in total. The highest BCUT2D eigenvalue weighted by Gasteiger charge is 2.10. The normalized spacial score (nSPS) is 15.1. The molecule has 2 aromatic carbocycles. The third-order valence-corrected chi connectivity index (χ3v) is 5.03. The van der Waals surface area contributed by atoms with E-state index in [1.54, 1.807) is 12.1 Å². The van der Waals surface area contributed by atoms with Gasteiger partial charge in [0.2, 0.25) is 0 Å². The minimum atomic E-state index is -0.361. The van der Waals surface area contributed by atoms with Crippen LogP contribution in [0.4, 0.5) is 4.39 Å². The van der Waals surface area contributed by atoms with Crippen LogP contribution in [0.5, 0.6) is 5.75 Å². The first-order valence-corrected chi connectivity index (χ1v) is 9.73.